The molecule has 0 aliphatic heterocycles. The van der Waals surface area contributed by atoms with Crippen LogP contribution in [0.1, 0.15) is 18.5 Å². The Morgan fingerprint density at radius 3 is 2.60 bits per heavy atom. The number of sulfone groups is 1. The lowest BCUT2D eigenvalue weighted by Crippen LogP contribution is -2.22. The lowest BCUT2D eigenvalue weighted by atomic mass is 10.1. The summed E-state index contributed by atoms with van der Waals surface area (Å²) in [5.41, 5.74) is 12.7. The molecule has 0 spiro atoms. The van der Waals surface area contributed by atoms with Gasteiger partial charge in [0, 0.05) is 17.5 Å². The molecule has 0 aliphatic carbocycles. The van der Waals surface area contributed by atoms with E-state index in [9.17, 15) is 8.42 Å². The molecular formula is C10H16N2O2S. The van der Waals surface area contributed by atoms with Crippen molar-refractivity contribution in [3.63, 3.8) is 0 Å². The summed E-state index contributed by atoms with van der Waals surface area (Å²) >= 11 is 0. The van der Waals surface area contributed by atoms with Crippen molar-refractivity contribution in [2.24, 2.45) is 5.73 Å². The predicted molar refractivity (Wildman–Crippen MR) is 62.1 cm³/mol. The Bertz CT molecular complexity index is 429. The van der Waals surface area contributed by atoms with Gasteiger partial charge >= 0.3 is 0 Å². The fraction of sp³-hybridized carbons (Fsp3) is 0.400. The van der Waals surface area contributed by atoms with E-state index in [0.717, 1.165) is 5.56 Å². The number of benzene rings is 1. The molecule has 0 fully saturated rings. The van der Waals surface area contributed by atoms with Crippen LogP contribution in [0.3, 0.4) is 0 Å². The lowest BCUT2D eigenvalue weighted by molar-refractivity contribution is 0.590. The van der Waals surface area contributed by atoms with Crippen molar-refractivity contribution >= 4 is 15.5 Å². The Hall–Kier alpha value is -1.07. The van der Waals surface area contributed by atoms with Crippen LogP contribution in [0.15, 0.2) is 24.3 Å². The Labute approximate surface area is 90.2 Å². The molecule has 0 aromatic heterocycles. The lowest BCUT2D eigenvalue weighted by Gasteiger charge is -2.12. The minimum absolute atomic E-state index is 0.0348. The fourth-order valence-electron chi connectivity index (χ4n) is 1.28. The summed E-state index contributed by atoms with van der Waals surface area (Å²) in [6.45, 7) is 1.61. The number of anilines is 1. The maximum absolute atomic E-state index is 11.4. The van der Waals surface area contributed by atoms with Crippen LogP contribution < -0.4 is 11.5 Å². The molecule has 4 N–H and O–H groups in total. The number of hydrogen-bond acceptors (Lipinski definition) is 4. The van der Waals surface area contributed by atoms with E-state index in [0.29, 0.717) is 5.69 Å². The standard InChI is InChI=1S/C10H16N2O2S/c1-2-15(13,14)7-10(12)8-4-3-5-9(11)6-8/h3-6,10H,2,7,11-12H2,1H3/t10-/m0/s1. The summed E-state index contributed by atoms with van der Waals surface area (Å²) in [6, 6.07) is 6.49. The molecule has 0 bridgehead atoms. The van der Waals surface area contributed by atoms with Crippen molar-refractivity contribution < 1.29 is 8.42 Å². The minimum atomic E-state index is -3.05. The first-order chi connectivity index (χ1) is 6.94. The zero-order valence-corrected chi connectivity index (χ0v) is 9.50. The highest BCUT2D eigenvalue weighted by atomic mass is 32.2. The molecule has 1 rings (SSSR count). The zero-order valence-electron chi connectivity index (χ0n) is 8.68. The Balaban J connectivity index is 2.82. The third-order valence-corrected chi connectivity index (χ3v) is 3.96. The maximum Gasteiger partial charge on any atom is 0.151 e. The van der Waals surface area contributed by atoms with Crippen molar-refractivity contribution in [1.82, 2.24) is 0 Å². The topological polar surface area (TPSA) is 86.2 Å². The first kappa shape index (κ1) is 12.0. The van der Waals surface area contributed by atoms with Gasteiger partial charge in [0.1, 0.15) is 0 Å². The highest BCUT2D eigenvalue weighted by Gasteiger charge is 2.15. The van der Waals surface area contributed by atoms with Gasteiger partial charge in [-0.05, 0) is 17.7 Å². The van der Waals surface area contributed by atoms with Gasteiger partial charge in [-0.15, -0.1) is 0 Å². The molecule has 0 radical (unpaired) electrons. The van der Waals surface area contributed by atoms with Crippen LogP contribution in [0.5, 0.6) is 0 Å². The van der Waals surface area contributed by atoms with Gasteiger partial charge < -0.3 is 11.5 Å². The zero-order chi connectivity index (χ0) is 11.5. The van der Waals surface area contributed by atoms with Gasteiger partial charge in [0.15, 0.2) is 9.84 Å². The predicted octanol–water partition coefficient (Wildman–Crippen LogP) is 0.703. The van der Waals surface area contributed by atoms with Crippen LogP contribution in [0, 0.1) is 0 Å². The Kier molecular flexibility index (Phi) is 3.71. The van der Waals surface area contributed by atoms with E-state index in [1.807, 2.05) is 0 Å². The first-order valence-electron chi connectivity index (χ1n) is 4.76. The van der Waals surface area contributed by atoms with Gasteiger partial charge in [-0.3, -0.25) is 0 Å². The molecule has 0 aliphatic rings. The second-order valence-electron chi connectivity index (χ2n) is 3.48. The van der Waals surface area contributed by atoms with Gasteiger partial charge in [-0.2, -0.15) is 0 Å². The normalized spacial score (nSPS) is 13.7. The second-order valence-corrected chi connectivity index (χ2v) is 5.87. The van der Waals surface area contributed by atoms with Crippen LogP contribution in [-0.2, 0) is 9.84 Å². The number of hydrogen-bond donors (Lipinski definition) is 2. The van der Waals surface area contributed by atoms with Crippen LogP contribution >= 0.6 is 0 Å². The van der Waals surface area contributed by atoms with E-state index in [4.69, 9.17) is 11.5 Å². The molecule has 1 aromatic rings. The Morgan fingerprint density at radius 1 is 1.40 bits per heavy atom. The molecule has 5 heteroatoms. The summed E-state index contributed by atoms with van der Waals surface area (Å²) in [4.78, 5) is 0. The van der Waals surface area contributed by atoms with E-state index in [1.54, 1.807) is 31.2 Å². The highest BCUT2D eigenvalue weighted by molar-refractivity contribution is 7.91. The van der Waals surface area contributed by atoms with E-state index < -0.39 is 15.9 Å². The van der Waals surface area contributed by atoms with Crippen LogP contribution in [0.2, 0.25) is 0 Å². The summed E-state index contributed by atoms with van der Waals surface area (Å²) in [5.74, 6) is 0.0793. The first-order valence-corrected chi connectivity index (χ1v) is 6.58. The van der Waals surface area contributed by atoms with Gasteiger partial charge in [0.05, 0.1) is 5.75 Å². The van der Waals surface area contributed by atoms with E-state index in [1.165, 1.54) is 0 Å². The highest BCUT2D eigenvalue weighted by Crippen LogP contribution is 2.15. The fourth-order valence-corrected chi connectivity index (χ4v) is 2.25. The third-order valence-electron chi connectivity index (χ3n) is 2.21. The van der Waals surface area contributed by atoms with Crippen LogP contribution in [-0.4, -0.2) is 19.9 Å². The van der Waals surface area contributed by atoms with Crippen molar-refractivity contribution in [3.8, 4) is 0 Å². The smallest absolute Gasteiger partial charge is 0.151 e. The van der Waals surface area contributed by atoms with Gasteiger partial charge in [-0.1, -0.05) is 19.1 Å². The van der Waals surface area contributed by atoms with Crippen molar-refractivity contribution in [2.75, 3.05) is 17.2 Å². The summed E-state index contributed by atoms with van der Waals surface area (Å²) in [6.07, 6.45) is 0. The van der Waals surface area contributed by atoms with E-state index in [-0.39, 0.29) is 11.5 Å². The summed E-state index contributed by atoms with van der Waals surface area (Å²) in [5, 5.41) is 0. The quantitative estimate of drug-likeness (QED) is 0.743. The van der Waals surface area contributed by atoms with Gasteiger partial charge in [-0.25, -0.2) is 8.42 Å². The molecule has 0 saturated carbocycles. The van der Waals surface area contributed by atoms with Gasteiger partial charge in [0.2, 0.25) is 0 Å². The number of nitrogens with two attached hydrogens (primary N) is 2. The van der Waals surface area contributed by atoms with E-state index >= 15 is 0 Å². The Morgan fingerprint density at radius 2 is 2.07 bits per heavy atom. The molecule has 0 amide bonds. The summed E-state index contributed by atoms with van der Waals surface area (Å²) in [7, 11) is -3.05. The maximum atomic E-state index is 11.4. The largest absolute Gasteiger partial charge is 0.399 e. The average molecular weight is 228 g/mol. The third kappa shape index (κ3) is 3.53. The second kappa shape index (κ2) is 4.63. The van der Waals surface area contributed by atoms with Crippen LogP contribution in [0.4, 0.5) is 5.69 Å². The molecule has 15 heavy (non-hydrogen) atoms. The van der Waals surface area contributed by atoms with Crippen molar-refractivity contribution in [1.29, 1.82) is 0 Å². The average Bonchev–Trinajstić information content (AvgIpc) is 2.17. The molecule has 1 atom stereocenters. The molecular weight excluding hydrogens is 212 g/mol. The monoisotopic (exact) mass is 228 g/mol. The van der Waals surface area contributed by atoms with Gasteiger partial charge in [0.25, 0.3) is 0 Å². The number of rotatable bonds is 4. The molecule has 84 valence electrons. The molecule has 0 saturated heterocycles. The number of nitrogen functional groups attached to an aromatic ring is 1. The molecule has 0 unspecified atom stereocenters. The minimum Gasteiger partial charge on any atom is -0.399 e. The van der Waals surface area contributed by atoms with E-state index in [2.05, 4.69) is 0 Å². The van der Waals surface area contributed by atoms with Crippen molar-refractivity contribution in [2.45, 2.75) is 13.0 Å². The molecule has 0 heterocycles. The molecule has 4 nitrogen and oxygen atoms in total. The SMILES string of the molecule is CCS(=O)(=O)C[C@H](N)c1cccc(N)c1. The summed E-state index contributed by atoms with van der Waals surface area (Å²) < 4.78 is 22.7. The van der Waals surface area contributed by atoms with Crippen molar-refractivity contribution in [3.05, 3.63) is 29.8 Å². The van der Waals surface area contributed by atoms with Crippen LogP contribution in [0.25, 0.3) is 0 Å². The molecule has 1 aromatic carbocycles.